The van der Waals surface area contributed by atoms with Gasteiger partial charge in [0.1, 0.15) is 5.67 Å². The maximum atomic E-state index is 13.7. The van der Waals surface area contributed by atoms with E-state index in [4.69, 9.17) is 0 Å². The molecule has 0 amide bonds. The van der Waals surface area contributed by atoms with E-state index in [0.29, 0.717) is 19.4 Å². The van der Waals surface area contributed by atoms with Crippen LogP contribution in [0.4, 0.5) is 4.39 Å². The van der Waals surface area contributed by atoms with Crippen LogP contribution in [0.1, 0.15) is 12.8 Å². The SMILES string of the molecule is CNCC1(F)CCN(C)CC1. The lowest BCUT2D eigenvalue weighted by Crippen LogP contribution is -2.45. The molecule has 0 spiro atoms. The van der Waals surface area contributed by atoms with Crippen LogP contribution in [0, 0.1) is 0 Å². The van der Waals surface area contributed by atoms with E-state index in [1.165, 1.54) is 0 Å². The highest BCUT2D eigenvalue weighted by molar-refractivity contribution is 4.86. The summed E-state index contributed by atoms with van der Waals surface area (Å²) in [5.74, 6) is 0. The van der Waals surface area contributed by atoms with E-state index in [0.717, 1.165) is 13.1 Å². The van der Waals surface area contributed by atoms with Crippen molar-refractivity contribution < 1.29 is 4.39 Å². The third kappa shape index (κ3) is 2.42. The molecule has 66 valence electrons. The van der Waals surface area contributed by atoms with Crippen LogP contribution >= 0.6 is 0 Å². The molecule has 0 saturated carbocycles. The number of nitrogens with zero attached hydrogens (tertiary/aromatic N) is 1. The first-order valence-corrected chi connectivity index (χ1v) is 4.18. The van der Waals surface area contributed by atoms with Gasteiger partial charge in [0.05, 0.1) is 0 Å². The highest BCUT2D eigenvalue weighted by atomic mass is 19.1. The van der Waals surface area contributed by atoms with Gasteiger partial charge in [0.15, 0.2) is 0 Å². The molecular formula is C8H17FN2. The average Bonchev–Trinajstić information content (AvgIpc) is 1.97. The molecule has 0 atom stereocenters. The van der Waals surface area contributed by atoms with E-state index in [1.807, 2.05) is 7.05 Å². The molecular weight excluding hydrogens is 143 g/mol. The molecule has 1 saturated heterocycles. The average molecular weight is 160 g/mol. The van der Waals surface area contributed by atoms with Crippen LogP contribution in [-0.2, 0) is 0 Å². The second-order valence-electron chi connectivity index (χ2n) is 3.48. The zero-order valence-corrected chi connectivity index (χ0v) is 7.36. The highest BCUT2D eigenvalue weighted by Gasteiger charge is 2.32. The number of halogens is 1. The van der Waals surface area contributed by atoms with E-state index >= 15 is 0 Å². The topological polar surface area (TPSA) is 15.3 Å². The van der Waals surface area contributed by atoms with Crippen molar-refractivity contribution in [3.05, 3.63) is 0 Å². The Morgan fingerprint density at radius 2 is 2.00 bits per heavy atom. The van der Waals surface area contributed by atoms with Crippen molar-refractivity contribution >= 4 is 0 Å². The molecule has 1 N–H and O–H groups in total. The van der Waals surface area contributed by atoms with Gasteiger partial charge in [-0.25, -0.2) is 4.39 Å². The fourth-order valence-corrected chi connectivity index (χ4v) is 1.51. The fraction of sp³-hybridized carbons (Fsp3) is 1.00. The van der Waals surface area contributed by atoms with Crippen LogP contribution in [0.15, 0.2) is 0 Å². The van der Waals surface area contributed by atoms with Gasteiger partial charge in [0, 0.05) is 19.6 Å². The third-order valence-corrected chi connectivity index (χ3v) is 2.38. The highest BCUT2D eigenvalue weighted by Crippen LogP contribution is 2.24. The van der Waals surface area contributed by atoms with Crippen LogP contribution in [-0.4, -0.2) is 44.3 Å². The lowest BCUT2D eigenvalue weighted by molar-refractivity contribution is 0.0709. The summed E-state index contributed by atoms with van der Waals surface area (Å²) < 4.78 is 13.7. The molecule has 3 heteroatoms. The third-order valence-electron chi connectivity index (χ3n) is 2.38. The van der Waals surface area contributed by atoms with Gasteiger partial charge in [-0.3, -0.25) is 0 Å². The molecule has 1 heterocycles. The molecule has 1 aliphatic rings. The Kier molecular flexibility index (Phi) is 2.84. The minimum Gasteiger partial charge on any atom is -0.317 e. The Bertz CT molecular complexity index is 119. The predicted octanol–water partition coefficient (Wildman–Crippen LogP) is 0.640. The van der Waals surface area contributed by atoms with Crippen molar-refractivity contribution in [2.24, 2.45) is 0 Å². The number of piperidine rings is 1. The molecule has 0 aromatic carbocycles. The monoisotopic (exact) mass is 160 g/mol. The lowest BCUT2D eigenvalue weighted by atomic mass is 9.94. The summed E-state index contributed by atoms with van der Waals surface area (Å²) in [6, 6.07) is 0. The maximum Gasteiger partial charge on any atom is 0.125 e. The Labute approximate surface area is 67.8 Å². The van der Waals surface area contributed by atoms with Gasteiger partial charge in [-0.15, -0.1) is 0 Å². The molecule has 0 bridgehead atoms. The van der Waals surface area contributed by atoms with Crippen molar-refractivity contribution in [1.29, 1.82) is 0 Å². The molecule has 1 fully saturated rings. The van der Waals surface area contributed by atoms with E-state index in [-0.39, 0.29) is 0 Å². The number of hydrogen-bond acceptors (Lipinski definition) is 2. The zero-order valence-electron chi connectivity index (χ0n) is 7.36. The van der Waals surface area contributed by atoms with Gasteiger partial charge < -0.3 is 10.2 Å². The van der Waals surface area contributed by atoms with Gasteiger partial charge in [-0.1, -0.05) is 0 Å². The quantitative estimate of drug-likeness (QED) is 0.637. The molecule has 1 aliphatic heterocycles. The van der Waals surface area contributed by atoms with E-state index in [2.05, 4.69) is 10.2 Å². The molecule has 11 heavy (non-hydrogen) atoms. The van der Waals surface area contributed by atoms with Gasteiger partial charge in [-0.2, -0.15) is 0 Å². The second kappa shape index (κ2) is 3.50. The van der Waals surface area contributed by atoms with E-state index in [9.17, 15) is 4.39 Å². The number of alkyl halides is 1. The summed E-state index contributed by atoms with van der Waals surface area (Å²) in [4.78, 5) is 2.17. The summed E-state index contributed by atoms with van der Waals surface area (Å²) in [5, 5.41) is 2.90. The number of likely N-dealkylation sites (tertiary alicyclic amines) is 1. The Morgan fingerprint density at radius 1 is 1.45 bits per heavy atom. The van der Waals surface area contributed by atoms with Crippen LogP contribution in [0.5, 0.6) is 0 Å². The summed E-state index contributed by atoms with van der Waals surface area (Å²) in [5.41, 5.74) is -0.943. The lowest BCUT2D eigenvalue weighted by Gasteiger charge is -2.34. The molecule has 0 radical (unpaired) electrons. The van der Waals surface area contributed by atoms with Gasteiger partial charge in [0.25, 0.3) is 0 Å². The van der Waals surface area contributed by atoms with Crippen molar-refractivity contribution in [1.82, 2.24) is 10.2 Å². The zero-order chi connectivity index (χ0) is 8.32. The molecule has 0 aliphatic carbocycles. The van der Waals surface area contributed by atoms with Gasteiger partial charge in [0.2, 0.25) is 0 Å². The molecule has 1 rings (SSSR count). The predicted molar refractivity (Wildman–Crippen MR) is 44.5 cm³/mol. The van der Waals surface area contributed by atoms with Crippen molar-refractivity contribution in [2.45, 2.75) is 18.5 Å². The molecule has 0 unspecified atom stereocenters. The van der Waals surface area contributed by atoms with Crippen LogP contribution < -0.4 is 5.32 Å². The van der Waals surface area contributed by atoms with Gasteiger partial charge >= 0.3 is 0 Å². The summed E-state index contributed by atoms with van der Waals surface area (Å²) in [6.07, 6.45) is 1.34. The van der Waals surface area contributed by atoms with Gasteiger partial charge in [-0.05, 0) is 26.9 Å². The van der Waals surface area contributed by atoms with Crippen LogP contribution in [0.3, 0.4) is 0 Å². The van der Waals surface area contributed by atoms with Crippen molar-refractivity contribution in [3.63, 3.8) is 0 Å². The Balaban J connectivity index is 2.35. The standard InChI is InChI=1S/C8H17FN2/c1-10-7-8(9)3-5-11(2)6-4-8/h10H,3-7H2,1-2H3. The summed E-state index contributed by atoms with van der Waals surface area (Å²) in [6.45, 7) is 2.28. The fourth-order valence-electron chi connectivity index (χ4n) is 1.51. The van der Waals surface area contributed by atoms with Crippen molar-refractivity contribution in [3.8, 4) is 0 Å². The summed E-state index contributed by atoms with van der Waals surface area (Å²) >= 11 is 0. The van der Waals surface area contributed by atoms with E-state index in [1.54, 1.807) is 7.05 Å². The maximum absolute atomic E-state index is 13.7. The number of rotatable bonds is 2. The largest absolute Gasteiger partial charge is 0.317 e. The molecule has 0 aromatic rings. The summed E-state index contributed by atoms with van der Waals surface area (Å²) in [7, 11) is 3.85. The Morgan fingerprint density at radius 3 is 2.45 bits per heavy atom. The first-order valence-electron chi connectivity index (χ1n) is 4.18. The minimum atomic E-state index is -0.943. The van der Waals surface area contributed by atoms with Crippen molar-refractivity contribution in [2.75, 3.05) is 33.7 Å². The minimum absolute atomic E-state index is 0.501. The number of hydrogen-bond donors (Lipinski definition) is 1. The Hall–Kier alpha value is -0.150. The first-order chi connectivity index (χ1) is 5.16. The van der Waals surface area contributed by atoms with Crippen LogP contribution in [0.2, 0.25) is 0 Å². The smallest absolute Gasteiger partial charge is 0.125 e. The molecule has 2 nitrogen and oxygen atoms in total. The van der Waals surface area contributed by atoms with E-state index < -0.39 is 5.67 Å². The second-order valence-corrected chi connectivity index (χ2v) is 3.48. The molecule has 0 aromatic heterocycles. The number of nitrogens with one attached hydrogen (secondary N) is 1. The van der Waals surface area contributed by atoms with Crippen LogP contribution in [0.25, 0.3) is 0 Å². The normalized spacial score (nSPS) is 25.4. The first kappa shape index (κ1) is 8.94.